The summed E-state index contributed by atoms with van der Waals surface area (Å²) < 4.78 is 25.1. The van der Waals surface area contributed by atoms with E-state index in [1.807, 2.05) is 13.8 Å². The molecule has 22 heavy (non-hydrogen) atoms. The smallest absolute Gasteiger partial charge is 0.241 e. The van der Waals surface area contributed by atoms with Gasteiger partial charge in [-0.15, -0.1) is 0 Å². The van der Waals surface area contributed by atoms with Crippen LogP contribution in [0.1, 0.15) is 26.7 Å². The van der Waals surface area contributed by atoms with Crippen molar-refractivity contribution in [2.75, 3.05) is 21.9 Å². The zero-order chi connectivity index (χ0) is 16.3. The minimum Gasteiger partial charge on any atom is -0.325 e. The van der Waals surface area contributed by atoms with Gasteiger partial charge in [-0.05, 0) is 36.6 Å². The summed E-state index contributed by atoms with van der Waals surface area (Å²) in [7, 11) is -3.18. The Morgan fingerprint density at radius 2 is 2.00 bits per heavy atom. The highest BCUT2D eigenvalue weighted by atomic mass is 32.2. The molecule has 3 N–H and O–H groups in total. The number of sulfonamides is 1. The van der Waals surface area contributed by atoms with Crippen LogP contribution < -0.4 is 15.4 Å². The molecule has 1 aliphatic rings. The van der Waals surface area contributed by atoms with E-state index in [0.717, 1.165) is 6.42 Å². The number of nitrogens with zero attached hydrogens (tertiary/aromatic N) is 1. The maximum absolute atomic E-state index is 12.0. The summed E-state index contributed by atoms with van der Waals surface area (Å²) in [6.07, 6.45) is 1.48. The Kier molecular flexibility index (Phi) is 5.08. The van der Waals surface area contributed by atoms with Crippen LogP contribution in [0, 0.1) is 5.92 Å². The van der Waals surface area contributed by atoms with Gasteiger partial charge < -0.3 is 11.1 Å². The average Bonchev–Trinajstić information content (AvgIpc) is 2.85. The van der Waals surface area contributed by atoms with Gasteiger partial charge in [0, 0.05) is 12.2 Å². The second-order valence-electron chi connectivity index (χ2n) is 5.69. The molecule has 2 rings (SSSR count). The zero-order valence-electron chi connectivity index (χ0n) is 13.0. The molecule has 1 aliphatic heterocycles. The Morgan fingerprint density at radius 1 is 1.36 bits per heavy atom. The van der Waals surface area contributed by atoms with Gasteiger partial charge in [-0.2, -0.15) is 0 Å². The summed E-state index contributed by atoms with van der Waals surface area (Å²) in [4.78, 5) is 12.0. The van der Waals surface area contributed by atoms with Crippen molar-refractivity contribution in [3.05, 3.63) is 24.3 Å². The van der Waals surface area contributed by atoms with E-state index in [-0.39, 0.29) is 17.6 Å². The lowest BCUT2D eigenvalue weighted by Crippen LogP contribution is -2.40. The van der Waals surface area contributed by atoms with Gasteiger partial charge in [0.25, 0.3) is 0 Å². The number of hydrogen-bond donors (Lipinski definition) is 2. The first kappa shape index (κ1) is 16.8. The predicted octanol–water partition coefficient (Wildman–Crippen LogP) is 1.54. The van der Waals surface area contributed by atoms with Gasteiger partial charge in [0.15, 0.2) is 0 Å². The highest BCUT2D eigenvalue weighted by molar-refractivity contribution is 7.93. The Bertz CT molecular complexity index is 628. The standard InChI is InChI=1S/C15H23N3O3S/c1-3-11(2)14(16)15(19)17-12-5-7-13(8-6-12)18-9-4-10-22(18,20)21/h5-8,11,14H,3-4,9-10,16H2,1-2H3,(H,17,19). The lowest BCUT2D eigenvalue weighted by molar-refractivity contribution is -0.118. The predicted molar refractivity (Wildman–Crippen MR) is 88.3 cm³/mol. The Hall–Kier alpha value is -1.60. The molecule has 1 saturated heterocycles. The molecule has 0 aromatic heterocycles. The third-order valence-electron chi connectivity index (χ3n) is 4.08. The fraction of sp³-hybridized carbons (Fsp3) is 0.533. The average molecular weight is 325 g/mol. The van der Waals surface area contributed by atoms with Crippen LogP contribution in [0.15, 0.2) is 24.3 Å². The Labute approximate surface area is 131 Å². The van der Waals surface area contributed by atoms with E-state index >= 15 is 0 Å². The molecule has 6 nitrogen and oxygen atoms in total. The molecule has 1 aromatic carbocycles. The van der Waals surface area contributed by atoms with Crippen LogP contribution in [-0.4, -0.2) is 32.7 Å². The molecule has 1 aromatic rings. The van der Waals surface area contributed by atoms with Crippen molar-refractivity contribution in [1.82, 2.24) is 0 Å². The van der Waals surface area contributed by atoms with Crippen LogP contribution in [0.3, 0.4) is 0 Å². The van der Waals surface area contributed by atoms with Crippen molar-refractivity contribution in [3.63, 3.8) is 0 Å². The lowest BCUT2D eigenvalue weighted by atomic mass is 9.99. The summed E-state index contributed by atoms with van der Waals surface area (Å²) in [5, 5.41) is 2.76. The molecular formula is C15H23N3O3S. The molecule has 0 spiro atoms. The number of amides is 1. The van der Waals surface area contributed by atoms with E-state index in [2.05, 4.69) is 5.32 Å². The summed E-state index contributed by atoms with van der Waals surface area (Å²) >= 11 is 0. The quantitative estimate of drug-likeness (QED) is 0.859. The van der Waals surface area contributed by atoms with E-state index in [1.165, 1.54) is 4.31 Å². The zero-order valence-corrected chi connectivity index (χ0v) is 13.8. The molecule has 2 atom stereocenters. The molecule has 1 heterocycles. The second kappa shape index (κ2) is 6.66. The van der Waals surface area contributed by atoms with Gasteiger partial charge in [-0.25, -0.2) is 8.42 Å². The molecule has 0 radical (unpaired) electrons. The van der Waals surface area contributed by atoms with Crippen molar-refractivity contribution in [2.24, 2.45) is 11.7 Å². The molecule has 0 aliphatic carbocycles. The number of anilines is 2. The lowest BCUT2D eigenvalue weighted by Gasteiger charge is -2.19. The van der Waals surface area contributed by atoms with Crippen molar-refractivity contribution in [3.8, 4) is 0 Å². The largest absolute Gasteiger partial charge is 0.325 e. The number of nitrogens with one attached hydrogen (secondary N) is 1. The first-order valence-electron chi connectivity index (χ1n) is 7.52. The summed E-state index contributed by atoms with van der Waals surface area (Å²) in [6, 6.07) is 6.25. The molecule has 7 heteroatoms. The Balaban J connectivity index is 2.05. The molecule has 122 valence electrons. The first-order chi connectivity index (χ1) is 10.3. The van der Waals surface area contributed by atoms with E-state index in [9.17, 15) is 13.2 Å². The van der Waals surface area contributed by atoms with Gasteiger partial charge in [0.1, 0.15) is 0 Å². The maximum atomic E-state index is 12.0. The Morgan fingerprint density at radius 3 is 2.50 bits per heavy atom. The fourth-order valence-corrected chi connectivity index (χ4v) is 3.94. The minimum absolute atomic E-state index is 0.106. The first-order valence-corrected chi connectivity index (χ1v) is 9.13. The van der Waals surface area contributed by atoms with Crippen LogP contribution in [0.25, 0.3) is 0 Å². The summed E-state index contributed by atoms with van der Waals surface area (Å²) in [5.41, 5.74) is 7.13. The molecule has 1 fully saturated rings. The van der Waals surface area contributed by atoms with E-state index in [0.29, 0.717) is 24.3 Å². The van der Waals surface area contributed by atoms with E-state index < -0.39 is 16.1 Å². The van der Waals surface area contributed by atoms with E-state index in [4.69, 9.17) is 5.73 Å². The third-order valence-corrected chi connectivity index (χ3v) is 5.95. The van der Waals surface area contributed by atoms with Crippen LogP contribution in [0.5, 0.6) is 0 Å². The van der Waals surface area contributed by atoms with Crippen molar-refractivity contribution in [2.45, 2.75) is 32.7 Å². The summed E-state index contributed by atoms with van der Waals surface area (Å²) in [5.74, 6) is 0.0693. The van der Waals surface area contributed by atoms with E-state index in [1.54, 1.807) is 24.3 Å². The number of carbonyl (C=O) groups excluding carboxylic acids is 1. The summed E-state index contributed by atoms with van der Waals surface area (Å²) in [6.45, 7) is 4.43. The molecular weight excluding hydrogens is 302 g/mol. The van der Waals surface area contributed by atoms with Crippen molar-refractivity contribution < 1.29 is 13.2 Å². The van der Waals surface area contributed by atoms with Crippen LogP contribution in [0.2, 0.25) is 0 Å². The number of benzene rings is 1. The van der Waals surface area contributed by atoms with Crippen LogP contribution in [-0.2, 0) is 14.8 Å². The normalized spacial score (nSPS) is 19.7. The topological polar surface area (TPSA) is 92.5 Å². The third kappa shape index (κ3) is 3.59. The number of rotatable bonds is 5. The molecule has 2 unspecified atom stereocenters. The fourth-order valence-electron chi connectivity index (χ4n) is 2.38. The molecule has 0 saturated carbocycles. The minimum atomic E-state index is -3.18. The highest BCUT2D eigenvalue weighted by Crippen LogP contribution is 2.25. The molecule has 0 bridgehead atoms. The van der Waals surface area contributed by atoms with Gasteiger partial charge in [0.05, 0.1) is 17.5 Å². The second-order valence-corrected chi connectivity index (χ2v) is 7.70. The highest BCUT2D eigenvalue weighted by Gasteiger charge is 2.28. The van der Waals surface area contributed by atoms with Crippen LogP contribution >= 0.6 is 0 Å². The van der Waals surface area contributed by atoms with Crippen molar-refractivity contribution in [1.29, 1.82) is 0 Å². The van der Waals surface area contributed by atoms with Gasteiger partial charge in [-0.1, -0.05) is 20.3 Å². The van der Waals surface area contributed by atoms with Crippen molar-refractivity contribution >= 4 is 27.3 Å². The van der Waals surface area contributed by atoms with Crippen LogP contribution in [0.4, 0.5) is 11.4 Å². The monoisotopic (exact) mass is 325 g/mol. The number of nitrogens with two attached hydrogens (primary N) is 1. The van der Waals surface area contributed by atoms with Gasteiger partial charge in [-0.3, -0.25) is 9.10 Å². The maximum Gasteiger partial charge on any atom is 0.241 e. The SMILES string of the molecule is CCC(C)C(N)C(=O)Nc1ccc(N2CCCS2(=O)=O)cc1. The van der Waals surface area contributed by atoms with Gasteiger partial charge in [0.2, 0.25) is 15.9 Å². The van der Waals surface area contributed by atoms with Gasteiger partial charge >= 0.3 is 0 Å². The number of carbonyl (C=O) groups is 1. The number of hydrogen-bond acceptors (Lipinski definition) is 4. The molecule has 1 amide bonds.